The molecule has 2 nitrogen and oxygen atoms in total. The molecule has 0 radical (unpaired) electrons. The van der Waals surface area contributed by atoms with Crippen LogP contribution in [0.2, 0.25) is 0 Å². The minimum atomic E-state index is -0.385. The van der Waals surface area contributed by atoms with Gasteiger partial charge in [-0.05, 0) is 69.1 Å². The van der Waals surface area contributed by atoms with Gasteiger partial charge in [-0.15, -0.1) is 0 Å². The molecule has 2 aromatic carbocycles. The fourth-order valence-corrected chi connectivity index (χ4v) is 3.83. The molecular formula is C23H27NO. The number of carbonyl (C=O) groups excluding carboxylic acids is 1. The van der Waals surface area contributed by atoms with Crippen LogP contribution in [0.4, 0.5) is 0 Å². The Morgan fingerprint density at radius 3 is 2.28 bits per heavy atom. The average Bonchev–Trinajstić information content (AvgIpc) is 2.64. The van der Waals surface area contributed by atoms with E-state index in [1.54, 1.807) is 0 Å². The molecule has 0 bridgehead atoms. The van der Waals surface area contributed by atoms with Crippen molar-refractivity contribution in [3.63, 3.8) is 0 Å². The summed E-state index contributed by atoms with van der Waals surface area (Å²) in [4.78, 5) is 15.8. The van der Waals surface area contributed by atoms with Gasteiger partial charge < -0.3 is 4.90 Å². The minimum absolute atomic E-state index is 0.315. The van der Waals surface area contributed by atoms with E-state index in [-0.39, 0.29) is 5.41 Å². The summed E-state index contributed by atoms with van der Waals surface area (Å²) in [5.74, 6) is 0.315. The van der Waals surface area contributed by atoms with Crippen molar-refractivity contribution < 1.29 is 4.79 Å². The maximum absolute atomic E-state index is 13.6. The van der Waals surface area contributed by atoms with Gasteiger partial charge in [0.1, 0.15) is 0 Å². The van der Waals surface area contributed by atoms with Gasteiger partial charge in [0.05, 0.1) is 5.41 Å². The fourth-order valence-electron chi connectivity index (χ4n) is 3.83. The topological polar surface area (TPSA) is 20.3 Å². The van der Waals surface area contributed by atoms with Crippen LogP contribution in [0.3, 0.4) is 0 Å². The molecule has 1 unspecified atom stereocenters. The molecule has 1 aliphatic carbocycles. The second-order valence-electron chi connectivity index (χ2n) is 7.26. The van der Waals surface area contributed by atoms with E-state index < -0.39 is 0 Å². The largest absolute Gasteiger partial charge is 0.309 e. The molecule has 0 aromatic heterocycles. The van der Waals surface area contributed by atoms with E-state index in [4.69, 9.17) is 0 Å². The summed E-state index contributed by atoms with van der Waals surface area (Å²) in [5, 5.41) is 0. The monoisotopic (exact) mass is 333 g/mol. The molecule has 25 heavy (non-hydrogen) atoms. The van der Waals surface area contributed by atoms with E-state index in [0.717, 1.165) is 43.4 Å². The first-order valence-electron chi connectivity index (χ1n) is 9.12. The number of hydrogen-bond donors (Lipinski definition) is 0. The number of hydrogen-bond acceptors (Lipinski definition) is 2. The van der Waals surface area contributed by atoms with Crippen molar-refractivity contribution in [2.75, 3.05) is 20.6 Å². The van der Waals surface area contributed by atoms with E-state index >= 15 is 0 Å². The fraction of sp³-hybridized carbons (Fsp3) is 0.348. The normalized spacial score (nSPS) is 22.5. The number of rotatable bonds is 5. The number of ketones is 1. The quantitative estimate of drug-likeness (QED) is 0.738. The third-order valence-electron chi connectivity index (χ3n) is 5.23. The van der Waals surface area contributed by atoms with E-state index in [0.29, 0.717) is 5.78 Å². The lowest BCUT2D eigenvalue weighted by molar-refractivity contribution is -0.122. The van der Waals surface area contributed by atoms with E-state index in [1.807, 2.05) is 24.3 Å². The number of nitrogens with zero attached hydrogens (tertiary/aromatic N) is 1. The molecule has 2 aromatic rings. The minimum Gasteiger partial charge on any atom is -0.309 e. The van der Waals surface area contributed by atoms with E-state index in [9.17, 15) is 4.79 Å². The second kappa shape index (κ2) is 7.79. The Balaban J connectivity index is 1.99. The van der Waals surface area contributed by atoms with Crippen LogP contribution in [0.1, 0.15) is 36.8 Å². The molecule has 0 saturated heterocycles. The zero-order chi connectivity index (χ0) is 17.7. The molecule has 130 valence electrons. The highest BCUT2D eigenvalue weighted by Crippen LogP contribution is 2.42. The summed E-state index contributed by atoms with van der Waals surface area (Å²) in [6.07, 6.45) is 5.84. The average molecular weight is 333 g/mol. The lowest BCUT2D eigenvalue weighted by Gasteiger charge is -2.38. The number of allylic oxidation sites excluding steroid dienone is 1. The molecule has 3 rings (SSSR count). The van der Waals surface area contributed by atoms with Crippen molar-refractivity contribution in [1.82, 2.24) is 4.90 Å². The van der Waals surface area contributed by atoms with Crippen LogP contribution in [0, 0.1) is 0 Å². The maximum Gasteiger partial charge on any atom is 0.169 e. The van der Waals surface area contributed by atoms with Crippen LogP contribution < -0.4 is 0 Å². The first-order valence-corrected chi connectivity index (χ1v) is 9.12. The van der Waals surface area contributed by atoms with Gasteiger partial charge in [-0.2, -0.15) is 0 Å². The predicted molar refractivity (Wildman–Crippen MR) is 105 cm³/mol. The summed E-state index contributed by atoms with van der Waals surface area (Å²) >= 11 is 0. The molecule has 0 heterocycles. The van der Waals surface area contributed by atoms with Crippen molar-refractivity contribution in [3.8, 4) is 0 Å². The molecular weight excluding hydrogens is 306 g/mol. The number of benzene rings is 2. The Labute approximate surface area is 151 Å². The van der Waals surface area contributed by atoms with Crippen molar-refractivity contribution in [2.45, 2.75) is 31.1 Å². The van der Waals surface area contributed by atoms with E-state index in [1.165, 1.54) is 5.56 Å². The van der Waals surface area contributed by atoms with Gasteiger partial charge in [0.15, 0.2) is 5.78 Å². The molecule has 0 N–H and O–H groups in total. The van der Waals surface area contributed by atoms with Crippen molar-refractivity contribution in [1.29, 1.82) is 0 Å². The van der Waals surface area contributed by atoms with E-state index in [2.05, 4.69) is 61.5 Å². The Morgan fingerprint density at radius 2 is 1.64 bits per heavy atom. The lowest BCUT2D eigenvalue weighted by Crippen LogP contribution is -2.42. The lowest BCUT2D eigenvalue weighted by atomic mass is 9.64. The first-order chi connectivity index (χ1) is 12.1. The van der Waals surface area contributed by atoms with Gasteiger partial charge in [-0.1, -0.05) is 60.7 Å². The Morgan fingerprint density at radius 1 is 1.00 bits per heavy atom. The van der Waals surface area contributed by atoms with Gasteiger partial charge in [-0.25, -0.2) is 0 Å². The summed E-state index contributed by atoms with van der Waals surface area (Å²) in [5.41, 5.74) is 2.87. The van der Waals surface area contributed by atoms with Gasteiger partial charge >= 0.3 is 0 Å². The number of carbonyl (C=O) groups is 1. The predicted octanol–water partition coefficient (Wildman–Crippen LogP) is 4.71. The van der Waals surface area contributed by atoms with Crippen LogP contribution in [-0.2, 0) is 10.2 Å². The summed E-state index contributed by atoms with van der Waals surface area (Å²) in [7, 11) is 4.15. The highest BCUT2D eigenvalue weighted by Gasteiger charge is 2.43. The van der Waals surface area contributed by atoms with Crippen molar-refractivity contribution >= 4 is 11.9 Å². The molecule has 0 amide bonds. The molecule has 1 aliphatic rings. The highest BCUT2D eigenvalue weighted by atomic mass is 16.1. The molecule has 2 heteroatoms. The smallest absolute Gasteiger partial charge is 0.169 e. The summed E-state index contributed by atoms with van der Waals surface area (Å²) in [6.45, 7) is 0.916. The van der Waals surface area contributed by atoms with Crippen LogP contribution in [-0.4, -0.2) is 31.3 Å². The van der Waals surface area contributed by atoms with Crippen molar-refractivity contribution in [3.05, 3.63) is 77.4 Å². The van der Waals surface area contributed by atoms with Crippen LogP contribution >= 0.6 is 0 Å². The highest BCUT2D eigenvalue weighted by molar-refractivity contribution is 6.07. The molecule has 0 aliphatic heterocycles. The maximum atomic E-state index is 13.6. The Kier molecular flexibility index (Phi) is 5.50. The van der Waals surface area contributed by atoms with Gasteiger partial charge in [-0.3, -0.25) is 4.79 Å². The molecule has 1 saturated carbocycles. The van der Waals surface area contributed by atoms with Gasteiger partial charge in [0.2, 0.25) is 0 Å². The van der Waals surface area contributed by atoms with Crippen LogP contribution in [0.25, 0.3) is 6.08 Å². The summed E-state index contributed by atoms with van der Waals surface area (Å²) in [6, 6.07) is 20.6. The standard InChI is InChI=1S/C23H27NO/c1-24(2)17-16-23(21-13-7-4-8-14-21)15-9-12-20(22(23)25)18-19-10-5-3-6-11-19/h3-8,10-11,13-14,18H,9,12,15-17H2,1-2H3. The zero-order valence-corrected chi connectivity index (χ0v) is 15.2. The molecule has 1 atom stereocenters. The number of Topliss-reactive ketones (excluding diaryl/α,β-unsaturated/α-hetero) is 1. The van der Waals surface area contributed by atoms with Crippen LogP contribution in [0.15, 0.2) is 66.2 Å². The van der Waals surface area contributed by atoms with Gasteiger partial charge in [0, 0.05) is 0 Å². The SMILES string of the molecule is CN(C)CCC1(c2ccccc2)CCCC(=Cc2ccccc2)C1=O. The second-order valence-corrected chi connectivity index (χ2v) is 7.26. The third-order valence-corrected chi connectivity index (χ3v) is 5.23. The zero-order valence-electron chi connectivity index (χ0n) is 15.2. The molecule has 1 fully saturated rings. The third kappa shape index (κ3) is 3.91. The molecule has 0 spiro atoms. The Bertz CT molecular complexity index is 733. The summed E-state index contributed by atoms with van der Waals surface area (Å²) < 4.78 is 0. The van der Waals surface area contributed by atoms with Crippen molar-refractivity contribution in [2.24, 2.45) is 0 Å². The van der Waals surface area contributed by atoms with Crippen LogP contribution in [0.5, 0.6) is 0 Å². The van der Waals surface area contributed by atoms with Gasteiger partial charge in [0.25, 0.3) is 0 Å². The first kappa shape index (κ1) is 17.6. The Hall–Kier alpha value is -2.19.